The molecule has 0 aromatic heterocycles. The Bertz CT molecular complexity index is 93.6. The summed E-state index contributed by atoms with van der Waals surface area (Å²) in [6, 6.07) is 0. The minimum Gasteiger partial charge on any atom is -0.371 e. The quantitative estimate of drug-likeness (QED) is 0.522. The lowest BCUT2D eigenvalue weighted by atomic mass is 10.4. The van der Waals surface area contributed by atoms with E-state index in [0.29, 0.717) is 0 Å². The van der Waals surface area contributed by atoms with E-state index in [4.69, 9.17) is 12.2 Å². The van der Waals surface area contributed by atoms with Gasteiger partial charge in [-0.25, -0.2) is 0 Å². The van der Waals surface area contributed by atoms with Crippen LogP contribution in [0.4, 0.5) is 0 Å². The van der Waals surface area contributed by atoms with Crippen LogP contribution in [0.3, 0.4) is 0 Å². The summed E-state index contributed by atoms with van der Waals surface area (Å²) in [5, 5.41) is 3.07. The van der Waals surface area contributed by atoms with E-state index in [1.807, 2.05) is 6.92 Å². The Balaban J connectivity index is 3.05. The van der Waals surface area contributed by atoms with Crippen LogP contribution in [-0.4, -0.2) is 10.9 Å². The zero-order chi connectivity index (χ0) is 7.82. The van der Waals surface area contributed by atoms with Crippen LogP contribution in [-0.2, 0) is 0 Å². The Morgan fingerprint density at radius 3 is 2.80 bits per heavy atom. The van der Waals surface area contributed by atoms with Crippen molar-refractivity contribution < 1.29 is 0 Å². The van der Waals surface area contributed by atoms with Crippen LogP contribution >= 0.6 is 24.0 Å². The Morgan fingerprint density at radius 2 is 2.30 bits per heavy atom. The summed E-state index contributed by atoms with van der Waals surface area (Å²) in [6.07, 6.45) is 2.33. The molecule has 59 valence electrons. The van der Waals surface area contributed by atoms with Gasteiger partial charge in [0.1, 0.15) is 4.32 Å². The molecule has 0 bridgehead atoms. The average Bonchev–Trinajstić information content (AvgIpc) is 1.89. The van der Waals surface area contributed by atoms with E-state index >= 15 is 0 Å². The third-order valence-electron chi connectivity index (χ3n) is 0.918. The first-order valence-corrected chi connectivity index (χ1v) is 4.86. The Kier molecular flexibility index (Phi) is 7.52. The fourth-order valence-electron chi connectivity index (χ4n) is 0.438. The molecular weight excluding hydrogens is 162 g/mol. The van der Waals surface area contributed by atoms with Gasteiger partial charge in [0.2, 0.25) is 0 Å². The molecule has 0 fully saturated rings. The number of thioether (sulfide) groups is 1. The summed E-state index contributed by atoms with van der Waals surface area (Å²) in [5.41, 5.74) is 0. The highest BCUT2D eigenvalue weighted by atomic mass is 32.2. The van der Waals surface area contributed by atoms with E-state index < -0.39 is 0 Å². The molecule has 0 heterocycles. The molecule has 0 aromatic rings. The van der Waals surface area contributed by atoms with E-state index in [2.05, 4.69) is 18.0 Å². The molecule has 0 spiro atoms. The maximum absolute atomic E-state index is 4.99. The van der Waals surface area contributed by atoms with Gasteiger partial charge in [-0.1, -0.05) is 37.3 Å². The van der Waals surface area contributed by atoms with Crippen molar-refractivity contribution >= 4 is 28.3 Å². The molecule has 10 heavy (non-hydrogen) atoms. The second-order valence-corrected chi connectivity index (χ2v) is 3.53. The van der Waals surface area contributed by atoms with Crippen LogP contribution in [0, 0.1) is 5.75 Å². The molecular formula is C7H14NS2. The SMILES string of the molecule is CCC[CH]SC(=S)NCC. The fourth-order valence-corrected chi connectivity index (χ4v) is 1.52. The molecule has 1 N–H and O–H groups in total. The predicted octanol–water partition coefficient (Wildman–Crippen LogP) is 2.58. The minimum atomic E-state index is 0.885. The highest BCUT2D eigenvalue weighted by molar-refractivity contribution is 8.24. The molecule has 0 atom stereocenters. The highest BCUT2D eigenvalue weighted by Crippen LogP contribution is 2.10. The molecule has 3 heteroatoms. The summed E-state index contributed by atoms with van der Waals surface area (Å²) >= 11 is 6.61. The van der Waals surface area contributed by atoms with Crippen molar-refractivity contribution in [2.75, 3.05) is 6.54 Å². The summed E-state index contributed by atoms with van der Waals surface area (Å²) in [5.74, 6) is 2.14. The Morgan fingerprint density at radius 1 is 1.60 bits per heavy atom. The van der Waals surface area contributed by atoms with E-state index in [-0.39, 0.29) is 0 Å². The molecule has 1 nitrogen and oxygen atoms in total. The van der Waals surface area contributed by atoms with Crippen molar-refractivity contribution in [3.8, 4) is 0 Å². The van der Waals surface area contributed by atoms with Gasteiger partial charge in [-0.05, 0) is 13.3 Å². The van der Waals surface area contributed by atoms with Crippen LogP contribution in [0.1, 0.15) is 26.7 Å². The topological polar surface area (TPSA) is 12.0 Å². The maximum atomic E-state index is 4.99. The number of hydrogen-bond acceptors (Lipinski definition) is 2. The first-order chi connectivity index (χ1) is 4.81. The van der Waals surface area contributed by atoms with E-state index in [0.717, 1.165) is 17.3 Å². The lowest BCUT2D eigenvalue weighted by molar-refractivity contribution is 0.944. The first-order valence-electron chi connectivity index (χ1n) is 3.57. The average molecular weight is 176 g/mol. The van der Waals surface area contributed by atoms with Gasteiger partial charge in [0.25, 0.3) is 0 Å². The summed E-state index contributed by atoms with van der Waals surface area (Å²) in [7, 11) is 0. The van der Waals surface area contributed by atoms with E-state index in [1.54, 1.807) is 11.8 Å². The van der Waals surface area contributed by atoms with Crippen molar-refractivity contribution in [2.45, 2.75) is 26.7 Å². The fraction of sp³-hybridized carbons (Fsp3) is 0.714. The second kappa shape index (κ2) is 7.35. The highest BCUT2D eigenvalue weighted by Gasteiger charge is 1.92. The largest absolute Gasteiger partial charge is 0.371 e. The van der Waals surface area contributed by atoms with Gasteiger partial charge in [0.05, 0.1) is 0 Å². The lowest BCUT2D eigenvalue weighted by Gasteiger charge is -2.02. The molecule has 0 amide bonds. The normalized spacial score (nSPS) is 9.40. The number of rotatable bonds is 4. The smallest absolute Gasteiger partial charge is 0.134 e. The van der Waals surface area contributed by atoms with Crippen LogP contribution in [0.15, 0.2) is 0 Å². The summed E-state index contributed by atoms with van der Waals surface area (Å²) in [4.78, 5) is 0. The zero-order valence-corrected chi connectivity index (χ0v) is 8.15. The zero-order valence-electron chi connectivity index (χ0n) is 6.52. The van der Waals surface area contributed by atoms with Crippen LogP contribution in [0.2, 0.25) is 0 Å². The van der Waals surface area contributed by atoms with Gasteiger partial charge in [0.15, 0.2) is 0 Å². The maximum Gasteiger partial charge on any atom is 0.134 e. The second-order valence-electron chi connectivity index (χ2n) is 1.89. The van der Waals surface area contributed by atoms with Crippen LogP contribution in [0.25, 0.3) is 0 Å². The standard InChI is InChI=1S/C7H14NS2/c1-3-5-6-10-7(9)8-4-2/h6H,3-5H2,1-2H3,(H,8,9). The Hall–Kier alpha value is 0.240. The Labute approximate surface area is 73.0 Å². The number of hydrogen-bond donors (Lipinski definition) is 1. The van der Waals surface area contributed by atoms with Gasteiger partial charge < -0.3 is 5.32 Å². The van der Waals surface area contributed by atoms with Crippen LogP contribution < -0.4 is 5.32 Å². The van der Waals surface area contributed by atoms with Crippen molar-refractivity contribution in [1.82, 2.24) is 5.32 Å². The molecule has 0 aliphatic rings. The van der Waals surface area contributed by atoms with Gasteiger partial charge in [-0.2, -0.15) is 0 Å². The van der Waals surface area contributed by atoms with Gasteiger partial charge >= 0.3 is 0 Å². The molecule has 0 aliphatic heterocycles. The van der Waals surface area contributed by atoms with Crippen molar-refractivity contribution in [2.24, 2.45) is 0 Å². The molecule has 0 saturated carbocycles. The van der Waals surface area contributed by atoms with Gasteiger partial charge in [-0.3, -0.25) is 0 Å². The molecule has 0 aromatic carbocycles. The van der Waals surface area contributed by atoms with Crippen molar-refractivity contribution in [3.05, 3.63) is 5.75 Å². The third-order valence-corrected chi connectivity index (χ3v) is 2.11. The summed E-state index contributed by atoms with van der Waals surface area (Å²) in [6.45, 7) is 5.13. The van der Waals surface area contributed by atoms with E-state index in [1.165, 1.54) is 6.42 Å². The summed E-state index contributed by atoms with van der Waals surface area (Å²) < 4.78 is 0.885. The van der Waals surface area contributed by atoms with Gasteiger partial charge in [0, 0.05) is 12.3 Å². The number of thiocarbonyl (C=S) groups is 1. The molecule has 0 saturated heterocycles. The third kappa shape index (κ3) is 6.36. The molecule has 0 aliphatic carbocycles. The molecule has 0 unspecified atom stereocenters. The predicted molar refractivity (Wildman–Crippen MR) is 53.1 cm³/mol. The lowest BCUT2D eigenvalue weighted by Crippen LogP contribution is -2.16. The first kappa shape index (κ1) is 10.2. The monoisotopic (exact) mass is 176 g/mol. The minimum absolute atomic E-state index is 0.885. The molecule has 0 rings (SSSR count). The molecule has 1 radical (unpaired) electrons. The van der Waals surface area contributed by atoms with Gasteiger partial charge in [-0.15, -0.1) is 0 Å². The number of unbranched alkanes of at least 4 members (excludes halogenated alkanes) is 1. The van der Waals surface area contributed by atoms with Crippen molar-refractivity contribution in [1.29, 1.82) is 0 Å². The van der Waals surface area contributed by atoms with E-state index in [9.17, 15) is 0 Å². The van der Waals surface area contributed by atoms with Crippen LogP contribution in [0.5, 0.6) is 0 Å². The van der Waals surface area contributed by atoms with Crippen molar-refractivity contribution in [3.63, 3.8) is 0 Å². The number of nitrogens with one attached hydrogen (secondary N) is 1.